The molecule has 94 valence electrons. The zero-order valence-corrected chi connectivity index (χ0v) is 12.2. The smallest absolute Gasteiger partial charge is 0.345 e. The third-order valence-electron chi connectivity index (χ3n) is 2.35. The second-order valence-electron chi connectivity index (χ2n) is 3.59. The van der Waals surface area contributed by atoms with Crippen LogP contribution in [0, 0.1) is 0 Å². The fraction of sp³-hybridized carbons (Fsp3) is 0.154. The van der Waals surface area contributed by atoms with Crippen LogP contribution in [0.25, 0.3) is 0 Å². The Hall–Kier alpha value is -0.910. The minimum Gasteiger partial charge on any atom is -0.477 e. The lowest BCUT2D eigenvalue weighted by Gasteiger charge is -2.01. The summed E-state index contributed by atoms with van der Waals surface area (Å²) in [5.74, 6) is 0.0148. The van der Waals surface area contributed by atoms with E-state index in [9.17, 15) is 4.79 Å². The van der Waals surface area contributed by atoms with Gasteiger partial charge in [0.15, 0.2) is 0 Å². The number of thioether (sulfide) groups is 2. The van der Waals surface area contributed by atoms with E-state index >= 15 is 0 Å². The SMILES string of the molecule is CSc1ccc(CSc2csc(C(=O)O)c2)cc1. The van der Waals surface area contributed by atoms with Gasteiger partial charge in [-0.1, -0.05) is 12.1 Å². The van der Waals surface area contributed by atoms with Crippen LogP contribution in [-0.2, 0) is 5.75 Å². The topological polar surface area (TPSA) is 37.3 Å². The molecule has 1 heterocycles. The third kappa shape index (κ3) is 3.54. The van der Waals surface area contributed by atoms with Gasteiger partial charge in [0.1, 0.15) is 4.88 Å². The number of hydrogen-bond acceptors (Lipinski definition) is 4. The average molecular weight is 296 g/mol. The molecule has 0 aliphatic heterocycles. The van der Waals surface area contributed by atoms with Gasteiger partial charge < -0.3 is 5.11 Å². The molecule has 2 nitrogen and oxygen atoms in total. The molecule has 0 bridgehead atoms. The molecule has 0 amide bonds. The van der Waals surface area contributed by atoms with Gasteiger partial charge in [-0.15, -0.1) is 34.9 Å². The summed E-state index contributed by atoms with van der Waals surface area (Å²) >= 11 is 4.67. The quantitative estimate of drug-likeness (QED) is 0.827. The second kappa shape index (κ2) is 6.31. The lowest BCUT2D eigenvalue weighted by molar-refractivity contribution is 0.0702. The van der Waals surface area contributed by atoms with E-state index in [-0.39, 0.29) is 0 Å². The second-order valence-corrected chi connectivity index (χ2v) is 6.43. The fourth-order valence-corrected chi connectivity index (χ4v) is 3.63. The fourth-order valence-electron chi connectivity index (χ4n) is 1.40. The first kappa shape index (κ1) is 13.5. The number of carboxylic acid groups (broad SMARTS) is 1. The van der Waals surface area contributed by atoms with E-state index in [1.165, 1.54) is 21.8 Å². The van der Waals surface area contributed by atoms with Gasteiger partial charge in [-0.25, -0.2) is 4.79 Å². The molecule has 0 fully saturated rings. The predicted molar refractivity (Wildman–Crippen MR) is 79.1 cm³/mol. The number of hydrogen-bond donors (Lipinski definition) is 1. The van der Waals surface area contributed by atoms with E-state index in [0.717, 1.165) is 10.6 Å². The molecule has 0 saturated heterocycles. The van der Waals surface area contributed by atoms with E-state index in [4.69, 9.17) is 5.11 Å². The van der Waals surface area contributed by atoms with Crippen molar-refractivity contribution in [3.63, 3.8) is 0 Å². The molecule has 5 heteroatoms. The van der Waals surface area contributed by atoms with Gasteiger partial charge in [-0.2, -0.15) is 0 Å². The number of aromatic carboxylic acids is 1. The van der Waals surface area contributed by atoms with Crippen LogP contribution in [0.2, 0.25) is 0 Å². The monoisotopic (exact) mass is 296 g/mol. The molecule has 1 aromatic heterocycles. The van der Waals surface area contributed by atoms with Crippen molar-refractivity contribution >= 4 is 40.8 Å². The maximum atomic E-state index is 10.8. The molecule has 18 heavy (non-hydrogen) atoms. The Labute approximate surface area is 118 Å². The van der Waals surface area contributed by atoms with Gasteiger partial charge in [0, 0.05) is 20.9 Å². The van der Waals surface area contributed by atoms with Gasteiger partial charge in [0.25, 0.3) is 0 Å². The summed E-state index contributed by atoms with van der Waals surface area (Å²) in [5, 5.41) is 10.7. The minimum absolute atomic E-state index is 0.398. The van der Waals surface area contributed by atoms with Crippen LogP contribution in [0.3, 0.4) is 0 Å². The summed E-state index contributed by atoms with van der Waals surface area (Å²) < 4.78 is 0. The average Bonchev–Trinajstić information content (AvgIpc) is 2.86. The van der Waals surface area contributed by atoms with Crippen LogP contribution in [0.15, 0.2) is 45.5 Å². The van der Waals surface area contributed by atoms with Crippen molar-refractivity contribution in [3.8, 4) is 0 Å². The van der Waals surface area contributed by atoms with E-state index in [2.05, 4.69) is 30.5 Å². The molecule has 0 aliphatic rings. The predicted octanol–water partition coefficient (Wildman–Crippen LogP) is 4.46. The third-order valence-corrected chi connectivity index (χ3v) is 5.21. The van der Waals surface area contributed by atoms with E-state index in [0.29, 0.717) is 4.88 Å². The molecule has 0 atom stereocenters. The molecular formula is C13H12O2S3. The summed E-state index contributed by atoms with van der Waals surface area (Å²) in [4.78, 5) is 13.4. The van der Waals surface area contributed by atoms with E-state index in [1.807, 2.05) is 5.38 Å². The highest BCUT2D eigenvalue weighted by atomic mass is 32.2. The Morgan fingerprint density at radius 3 is 2.56 bits per heavy atom. The molecular weight excluding hydrogens is 284 g/mol. The first-order valence-corrected chi connectivity index (χ1v) is 8.35. The first-order valence-electron chi connectivity index (χ1n) is 5.26. The zero-order valence-electron chi connectivity index (χ0n) is 9.75. The Kier molecular flexibility index (Phi) is 4.74. The van der Waals surface area contributed by atoms with Crippen LogP contribution in [0.1, 0.15) is 15.2 Å². The maximum absolute atomic E-state index is 10.8. The standard InChI is InChI=1S/C13H12O2S3/c1-16-10-4-2-9(3-5-10)7-17-11-6-12(13(14)15)18-8-11/h2-6,8H,7H2,1H3,(H,14,15). The summed E-state index contributed by atoms with van der Waals surface area (Å²) in [6.45, 7) is 0. The van der Waals surface area contributed by atoms with Crippen LogP contribution < -0.4 is 0 Å². The molecule has 0 aliphatic carbocycles. The highest BCUT2D eigenvalue weighted by molar-refractivity contribution is 7.98. The lowest BCUT2D eigenvalue weighted by atomic mass is 10.2. The summed E-state index contributed by atoms with van der Waals surface area (Å²) in [7, 11) is 0. The van der Waals surface area contributed by atoms with Crippen molar-refractivity contribution < 1.29 is 9.90 Å². The zero-order chi connectivity index (χ0) is 13.0. The van der Waals surface area contributed by atoms with Crippen molar-refractivity contribution in [3.05, 3.63) is 46.2 Å². The number of benzene rings is 1. The highest BCUT2D eigenvalue weighted by Gasteiger charge is 2.07. The van der Waals surface area contributed by atoms with Gasteiger partial charge in [-0.3, -0.25) is 0 Å². The molecule has 0 saturated carbocycles. The Bertz CT molecular complexity index is 531. The van der Waals surface area contributed by atoms with Crippen LogP contribution in [0.5, 0.6) is 0 Å². The normalized spacial score (nSPS) is 10.5. The molecule has 2 aromatic rings. The molecule has 2 rings (SSSR count). The maximum Gasteiger partial charge on any atom is 0.345 e. The Balaban J connectivity index is 1.95. The van der Waals surface area contributed by atoms with Crippen molar-refractivity contribution in [1.82, 2.24) is 0 Å². The summed E-state index contributed by atoms with van der Waals surface area (Å²) in [6.07, 6.45) is 2.06. The van der Waals surface area contributed by atoms with Crippen LogP contribution >= 0.6 is 34.9 Å². The highest BCUT2D eigenvalue weighted by Crippen LogP contribution is 2.28. The summed E-state index contributed by atoms with van der Waals surface area (Å²) in [6, 6.07) is 10.2. The van der Waals surface area contributed by atoms with Crippen molar-refractivity contribution in [2.24, 2.45) is 0 Å². The van der Waals surface area contributed by atoms with Gasteiger partial charge in [-0.05, 0) is 30.0 Å². The largest absolute Gasteiger partial charge is 0.477 e. The van der Waals surface area contributed by atoms with Crippen molar-refractivity contribution in [1.29, 1.82) is 0 Å². The number of thiophene rings is 1. The number of rotatable bonds is 5. The van der Waals surface area contributed by atoms with Gasteiger partial charge >= 0.3 is 5.97 Å². The number of carboxylic acids is 1. The minimum atomic E-state index is -0.851. The van der Waals surface area contributed by atoms with Gasteiger partial charge in [0.05, 0.1) is 0 Å². The molecule has 1 aromatic carbocycles. The lowest BCUT2D eigenvalue weighted by Crippen LogP contribution is -1.89. The van der Waals surface area contributed by atoms with Crippen LogP contribution in [0.4, 0.5) is 0 Å². The molecule has 0 radical (unpaired) electrons. The van der Waals surface area contributed by atoms with Crippen LogP contribution in [-0.4, -0.2) is 17.3 Å². The van der Waals surface area contributed by atoms with Gasteiger partial charge in [0.2, 0.25) is 0 Å². The Morgan fingerprint density at radius 1 is 1.28 bits per heavy atom. The molecule has 0 unspecified atom stereocenters. The first-order chi connectivity index (χ1) is 8.69. The van der Waals surface area contributed by atoms with Crippen molar-refractivity contribution in [2.45, 2.75) is 15.5 Å². The van der Waals surface area contributed by atoms with E-state index in [1.54, 1.807) is 29.6 Å². The number of carbonyl (C=O) groups is 1. The Morgan fingerprint density at radius 2 is 2.00 bits per heavy atom. The van der Waals surface area contributed by atoms with E-state index < -0.39 is 5.97 Å². The van der Waals surface area contributed by atoms with Crippen molar-refractivity contribution in [2.75, 3.05) is 6.26 Å². The molecule has 0 spiro atoms. The summed E-state index contributed by atoms with van der Waals surface area (Å²) in [5.41, 5.74) is 1.25. The molecule has 1 N–H and O–H groups in total.